The molecule has 3 rings (SSSR count). The molecule has 1 aliphatic rings. The van der Waals surface area contributed by atoms with Crippen LogP contribution >= 0.6 is 11.8 Å². The maximum absolute atomic E-state index is 12.2. The maximum Gasteiger partial charge on any atom is 0.239 e. The lowest BCUT2D eigenvalue weighted by Crippen LogP contribution is -2.25. The highest BCUT2D eigenvalue weighted by Crippen LogP contribution is 2.24. The molecule has 0 saturated carbocycles. The van der Waals surface area contributed by atoms with E-state index in [9.17, 15) is 4.79 Å². The summed E-state index contributed by atoms with van der Waals surface area (Å²) in [5.41, 5.74) is 3.34. The number of carbonyl (C=O) groups is 1. The number of nitrogens with zero attached hydrogens (tertiary/aromatic N) is 2. The maximum atomic E-state index is 12.2. The number of hydrogen-bond acceptors (Lipinski definition) is 5. The fraction of sp³-hybridized carbons (Fsp3) is 0.318. The average Bonchev–Trinajstić information content (AvgIpc) is 3.07. The summed E-state index contributed by atoms with van der Waals surface area (Å²) >= 11 is 1.42. The topological polar surface area (TPSA) is 63.1 Å². The van der Waals surface area contributed by atoms with Crippen molar-refractivity contribution in [3.63, 3.8) is 0 Å². The number of rotatable bonds is 8. The number of carbonyl (C=O) groups excluding carboxylic acids is 1. The van der Waals surface area contributed by atoms with Crippen LogP contribution in [0.15, 0.2) is 58.7 Å². The van der Waals surface area contributed by atoms with E-state index < -0.39 is 0 Å². The van der Waals surface area contributed by atoms with Crippen molar-refractivity contribution < 1.29 is 9.53 Å². The monoisotopic (exact) mass is 395 g/mol. The fourth-order valence-corrected chi connectivity index (χ4v) is 3.91. The Hall–Kier alpha value is -2.60. The van der Waals surface area contributed by atoms with E-state index in [2.05, 4.69) is 46.7 Å². The summed E-state index contributed by atoms with van der Waals surface area (Å²) in [5.74, 6) is 0.709. The Morgan fingerprint density at radius 3 is 2.64 bits per heavy atom. The second-order valence-corrected chi connectivity index (χ2v) is 7.80. The van der Waals surface area contributed by atoms with Crippen LogP contribution in [0.3, 0.4) is 0 Å². The Morgan fingerprint density at radius 1 is 1.14 bits per heavy atom. The first kappa shape index (κ1) is 20.1. The Bertz CT molecular complexity index is 862. The van der Waals surface area contributed by atoms with Crippen molar-refractivity contribution in [3.8, 4) is 5.75 Å². The zero-order valence-electron chi connectivity index (χ0n) is 16.2. The molecule has 0 radical (unpaired) electrons. The summed E-state index contributed by atoms with van der Waals surface area (Å²) in [6, 6.07) is 16.1. The van der Waals surface area contributed by atoms with Gasteiger partial charge in [0.25, 0.3) is 0 Å². The van der Waals surface area contributed by atoms with Gasteiger partial charge in [0.05, 0.1) is 18.6 Å². The zero-order chi connectivity index (χ0) is 19.8. The molecule has 1 saturated heterocycles. The molecule has 2 aromatic rings. The van der Waals surface area contributed by atoms with Crippen molar-refractivity contribution in [1.82, 2.24) is 5.32 Å². The Balaban J connectivity index is 1.58. The number of benzene rings is 2. The second kappa shape index (κ2) is 10.1. The Labute approximate surface area is 170 Å². The van der Waals surface area contributed by atoms with Crippen LogP contribution in [0.1, 0.15) is 36.5 Å². The van der Waals surface area contributed by atoms with E-state index in [0.717, 1.165) is 23.3 Å². The number of ether oxygens (including phenoxy) is 1. The van der Waals surface area contributed by atoms with Crippen LogP contribution < -0.4 is 10.1 Å². The lowest BCUT2D eigenvalue weighted by Gasteiger charge is -2.06. The molecule has 1 amide bonds. The lowest BCUT2D eigenvalue weighted by molar-refractivity contribution is -0.118. The molecule has 0 aromatic heterocycles. The number of thioether (sulfide) groups is 1. The van der Waals surface area contributed by atoms with E-state index in [1.165, 1.54) is 30.2 Å². The van der Waals surface area contributed by atoms with Crippen molar-refractivity contribution in [2.75, 3.05) is 7.11 Å². The minimum atomic E-state index is -0.179. The van der Waals surface area contributed by atoms with E-state index in [-0.39, 0.29) is 11.2 Å². The molecular formula is C22H25N3O2S. The molecule has 0 aliphatic carbocycles. The van der Waals surface area contributed by atoms with Gasteiger partial charge in [0.2, 0.25) is 5.91 Å². The molecule has 146 valence electrons. The first-order chi connectivity index (χ1) is 13.7. The van der Waals surface area contributed by atoms with E-state index in [1.54, 1.807) is 13.3 Å². The van der Waals surface area contributed by atoms with Gasteiger partial charge >= 0.3 is 0 Å². The SMILES string of the molecule is CCCCc1ccc(CC2SC(=NN=Cc3ccccc3OC)NC2=O)cc1. The van der Waals surface area contributed by atoms with Gasteiger partial charge < -0.3 is 10.1 Å². The van der Waals surface area contributed by atoms with Crippen LogP contribution in [0.5, 0.6) is 5.75 Å². The van der Waals surface area contributed by atoms with Crippen LogP contribution in [-0.4, -0.2) is 29.6 Å². The number of unbranched alkanes of at least 4 members (excludes halogenated alkanes) is 1. The summed E-state index contributed by atoms with van der Waals surface area (Å²) in [6.45, 7) is 2.20. The van der Waals surface area contributed by atoms with Crippen molar-refractivity contribution in [2.45, 2.75) is 37.9 Å². The van der Waals surface area contributed by atoms with Crippen molar-refractivity contribution in [2.24, 2.45) is 10.2 Å². The molecule has 5 nitrogen and oxygen atoms in total. The van der Waals surface area contributed by atoms with Gasteiger partial charge in [0.1, 0.15) is 5.75 Å². The normalized spacial score (nSPS) is 18.0. The largest absolute Gasteiger partial charge is 0.496 e. The molecule has 2 aromatic carbocycles. The molecule has 0 bridgehead atoms. The number of aryl methyl sites for hydroxylation is 1. The number of hydrogen-bond donors (Lipinski definition) is 1. The van der Waals surface area contributed by atoms with Crippen molar-refractivity contribution in [3.05, 3.63) is 65.2 Å². The molecule has 1 heterocycles. The van der Waals surface area contributed by atoms with Crippen LogP contribution in [-0.2, 0) is 17.6 Å². The summed E-state index contributed by atoms with van der Waals surface area (Å²) in [5, 5.41) is 11.4. The average molecular weight is 396 g/mol. The predicted molar refractivity (Wildman–Crippen MR) is 116 cm³/mol. The predicted octanol–water partition coefficient (Wildman–Crippen LogP) is 4.20. The third kappa shape index (κ3) is 5.45. The van der Waals surface area contributed by atoms with E-state index >= 15 is 0 Å². The van der Waals surface area contributed by atoms with Gasteiger partial charge in [-0.25, -0.2) is 0 Å². The number of amides is 1. The highest BCUT2D eigenvalue weighted by Gasteiger charge is 2.30. The van der Waals surface area contributed by atoms with Gasteiger partial charge in [-0.15, -0.1) is 5.10 Å². The van der Waals surface area contributed by atoms with Crippen LogP contribution in [0.2, 0.25) is 0 Å². The molecule has 1 atom stereocenters. The number of para-hydroxylation sites is 1. The smallest absolute Gasteiger partial charge is 0.239 e. The van der Waals surface area contributed by atoms with Gasteiger partial charge in [-0.05, 0) is 42.5 Å². The van der Waals surface area contributed by atoms with E-state index in [0.29, 0.717) is 11.6 Å². The standard InChI is InChI=1S/C22H25N3O2S/c1-3-4-7-16-10-12-17(13-11-16)14-20-21(26)24-22(28-20)25-23-15-18-8-5-6-9-19(18)27-2/h5-6,8-13,15,20H,3-4,7,14H2,1-2H3,(H,24,25,26). The third-order valence-corrected chi connectivity index (χ3v) is 5.60. The van der Waals surface area contributed by atoms with Gasteiger partial charge in [-0.3, -0.25) is 4.79 Å². The first-order valence-electron chi connectivity index (χ1n) is 9.49. The quantitative estimate of drug-likeness (QED) is 0.538. The van der Waals surface area contributed by atoms with Gasteiger partial charge in [-0.1, -0.05) is 61.5 Å². The van der Waals surface area contributed by atoms with Gasteiger partial charge in [0, 0.05) is 5.56 Å². The lowest BCUT2D eigenvalue weighted by atomic mass is 10.0. The Kier molecular flexibility index (Phi) is 7.25. The first-order valence-corrected chi connectivity index (χ1v) is 10.4. The number of methoxy groups -OCH3 is 1. The van der Waals surface area contributed by atoms with Crippen LogP contribution in [0.4, 0.5) is 0 Å². The third-order valence-electron chi connectivity index (χ3n) is 4.52. The minimum absolute atomic E-state index is 0.0219. The van der Waals surface area contributed by atoms with Crippen molar-refractivity contribution >= 4 is 29.1 Å². The van der Waals surface area contributed by atoms with E-state index in [4.69, 9.17) is 4.74 Å². The van der Waals surface area contributed by atoms with Crippen LogP contribution in [0.25, 0.3) is 0 Å². The second-order valence-electron chi connectivity index (χ2n) is 6.61. The molecule has 1 aliphatic heterocycles. The number of amidine groups is 1. The Morgan fingerprint density at radius 2 is 1.89 bits per heavy atom. The summed E-state index contributed by atoms with van der Waals surface area (Å²) in [4.78, 5) is 12.2. The van der Waals surface area contributed by atoms with Crippen molar-refractivity contribution in [1.29, 1.82) is 0 Å². The van der Waals surface area contributed by atoms with E-state index in [1.807, 2.05) is 24.3 Å². The highest BCUT2D eigenvalue weighted by atomic mass is 32.2. The minimum Gasteiger partial charge on any atom is -0.496 e. The highest BCUT2D eigenvalue weighted by molar-refractivity contribution is 8.15. The molecule has 1 unspecified atom stereocenters. The summed E-state index contributed by atoms with van der Waals surface area (Å²) in [6.07, 6.45) is 5.81. The fourth-order valence-electron chi connectivity index (χ4n) is 2.94. The molecule has 6 heteroatoms. The molecule has 1 N–H and O–H groups in total. The number of nitrogens with one attached hydrogen (secondary N) is 1. The summed E-state index contributed by atoms with van der Waals surface area (Å²) < 4.78 is 5.28. The van der Waals surface area contributed by atoms with Gasteiger partial charge in [-0.2, -0.15) is 5.10 Å². The van der Waals surface area contributed by atoms with Gasteiger partial charge in [0.15, 0.2) is 5.17 Å². The van der Waals surface area contributed by atoms with Crippen LogP contribution in [0, 0.1) is 0 Å². The molecule has 1 fully saturated rings. The summed E-state index contributed by atoms with van der Waals surface area (Å²) in [7, 11) is 1.62. The molecule has 28 heavy (non-hydrogen) atoms. The molecular weight excluding hydrogens is 370 g/mol. The molecule has 0 spiro atoms. The zero-order valence-corrected chi connectivity index (χ0v) is 17.0.